The third kappa shape index (κ3) is 9.73. The second-order valence-corrected chi connectivity index (χ2v) is 13.0. The van der Waals surface area contributed by atoms with E-state index in [1.165, 1.54) is 5.56 Å². The number of methoxy groups -OCH3 is 1. The van der Waals surface area contributed by atoms with Crippen LogP contribution in [0.4, 0.5) is 11.4 Å². The van der Waals surface area contributed by atoms with Crippen LogP contribution >= 0.6 is 0 Å². The van der Waals surface area contributed by atoms with Crippen LogP contribution in [0.25, 0.3) is 0 Å². The molecule has 3 rings (SSSR count). The molecule has 0 spiro atoms. The highest BCUT2D eigenvalue weighted by atomic mass is 16.5. The van der Waals surface area contributed by atoms with E-state index in [0.29, 0.717) is 35.0 Å². The molecule has 3 aromatic carbocycles. The standard InChI is InChI=1S/C38H52N2O6/c1-9-12-13-14-33(46-32-22-15-26(37(4,5)10-2)23-30(32)38(6,7)11-3)36(43)40-31-21-16-27(39-35(42)25-41)24-34(31)45-29-19-17-28(44-8)18-20-29/h15-24,33,41H,9-14,25H2,1-8H3,(H,39,42)(H,40,43). The van der Waals surface area contributed by atoms with E-state index in [9.17, 15) is 14.7 Å². The summed E-state index contributed by atoms with van der Waals surface area (Å²) in [5.41, 5.74) is 3.03. The van der Waals surface area contributed by atoms with Gasteiger partial charge in [-0.25, -0.2) is 0 Å². The van der Waals surface area contributed by atoms with Gasteiger partial charge in [0, 0.05) is 17.3 Å². The maximum Gasteiger partial charge on any atom is 0.265 e. The zero-order valence-corrected chi connectivity index (χ0v) is 28.8. The highest BCUT2D eigenvalue weighted by Crippen LogP contribution is 2.39. The van der Waals surface area contributed by atoms with Gasteiger partial charge in [-0.05, 0) is 84.5 Å². The normalized spacial score (nSPS) is 12.3. The summed E-state index contributed by atoms with van der Waals surface area (Å²) in [6.45, 7) is 14.8. The van der Waals surface area contributed by atoms with Crippen molar-refractivity contribution in [3.63, 3.8) is 0 Å². The van der Waals surface area contributed by atoms with Gasteiger partial charge in [0.15, 0.2) is 11.9 Å². The molecule has 0 radical (unpaired) electrons. The van der Waals surface area contributed by atoms with Gasteiger partial charge in [-0.15, -0.1) is 0 Å². The van der Waals surface area contributed by atoms with Gasteiger partial charge in [0.1, 0.15) is 23.9 Å². The molecule has 0 bridgehead atoms. The van der Waals surface area contributed by atoms with Crippen molar-refractivity contribution in [1.82, 2.24) is 0 Å². The van der Waals surface area contributed by atoms with E-state index < -0.39 is 18.6 Å². The molecule has 0 aliphatic rings. The van der Waals surface area contributed by atoms with Gasteiger partial charge in [0.05, 0.1) is 12.8 Å². The number of ether oxygens (including phenoxy) is 3. The predicted octanol–water partition coefficient (Wildman–Crippen LogP) is 8.76. The number of hydrogen-bond donors (Lipinski definition) is 3. The molecule has 0 aliphatic carbocycles. The number of amides is 2. The van der Waals surface area contributed by atoms with Crippen LogP contribution in [0.2, 0.25) is 0 Å². The van der Waals surface area contributed by atoms with E-state index in [-0.39, 0.29) is 16.7 Å². The Bertz CT molecular complexity index is 1450. The summed E-state index contributed by atoms with van der Waals surface area (Å²) in [6, 6.07) is 18.4. The molecule has 0 fully saturated rings. The van der Waals surface area contributed by atoms with Crippen LogP contribution in [0.3, 0.4) is 0 Å². The molecule has 0 heterocycles. The van der Waals surface area contributed by atoms with Crippen molar-refractivity contribution < 1.29 is 28.9 Å². The number of anilines is 2. The summed E-state index contributed by atoms with van der Waals surface area (Å²) in [7, 11) is 1.59. The van der Waals surface area contributed by atoms with Gasteiger partial charge < -0.3 is 30.0 Å². The molecule has 2 amide bonds. The Morgan fingerprint density at radius 2 is 1.48 bits per heavy atom. The summed E-state index contributed by atoms with van der Waals surface area (Å²) in [5, 5.41) is 14.9. The lowest BCUT2D eigenvalue weighted by molar-refractivity contribution is -0.123. The molecule has 3 aromatic rings. The maximum absolute atomic E-state index is 14.0. The number of benzene rings is 3. The van der Waals surface area contributed by atoms with Crippen molar-refractivity contribution in [2.45, 2.75) is 104 Å². The molecule has 0 aliphatic heterocycles. The fourth-order valence-corrected chi connectivity index (χ4v) is 4.93. The second-order valence-electron chi connectivity index (χ2n) is 13.0. The van der Waals surface area contributed by atoms with Gasteiger partial charge in [-0.2, -0.15) is 0 Å². The molecule has 1 atom stereocenters. The first kappa shape index (κ1) is 36.4. The van der Waals surface area contributed by atoms with Gasteiger partial charge in [0.25, 0.3) is 5.91 Å². The van der Waals surface area contributed by atoms with Crippen LogP contribution in [-0.2, 0) is 20.4 Å². The Morgan fingerprint density at radius 3 is 2.09 bits per heavy atom. The fraction of sp³-hybridized carbons (Fsp3) is 0.474. The molecule has 0 saturated carbocycles. The zero-order chi connectivity index (χ0) is 33.9. The average molecular weight is 633 g/mol. The third-order valence-electron chi connectivity index (χ3n) is 8.84. The predicted molar refractivity (Wildman–Crippen MR) is 185 cm³/mol. The summed E-state index contributed by atoms with van der Waals surface area (Å²) in [5.74, 6) is 1.38. The Morgan fingerprint density at radius 1 is 0.804 bits per heavy atom. The van der Waals surface area contributed by atoms with Gasteiger partial charge in [-0.3, -0.25) is 9.59 Å². The molecular formula is C38H52N2O6. The minimum absolute atomic E-state index is 0.0120. The van der Waals surface area contributed by atoms with E-state index >= 15 is 0 Å². The van der Waals surface area contributed by atoms with Crippen molar-refractivity contribution in [2.75, 3.05) is 24.4 Å². The lowest BCUT2D eigenvalue weighted by atomic mass is 9.76. The number of carbonyl (C=O) groups excluding carboxylic acids is 2. The first-order valence-electron chi connectivity index (χ1n) is 16.4. The Balaban J connectivity index is 1.99. The molecule has 3 N–H and O–H groups in total. The summed E-state index contributed by atoms with van der Waals surface area (Å²) >= 11 is 0. The monoisotopic (exact) mass is 632 g/mol. The van der Waals surface area contributed by atoms with Gasteiger partial charge in [0.2, 0.25) is 5.91 Å². The van der Waals surface area contributed by atoms with Crippen LogP contribution in [0.15, 0.2) is 60.7 Å². The lowest BCUT2D eigenvalue weighted by Crippen LogP contribution is -2.34. The number of nitrogens with one attached hydrogen (secondary N) is 2. The third-order valence-corrected chi connectivity index (χ3v) is 8.84. The summed E-state index contributed by atoms with van der Waals surface area (Å²) in [4.78, 5) is 25.9. The average Bonchev–Trinajstić information content (AvgIpc) is 3.05. The lowest BCUT2D eigenvalue weighted by Gasteiger charge is -2.31. The highest BCUT2D eigenvalue weighted by molar-refractivity contribution is 5.97. The topological polar surface area (TPSA) is 106 Å². The van der Waals surface area contributed by atoms with Crippen molar-refractivity contribution in [2.24, 2.45) is 0 Å². The number of carbonyl (C=O) groups is 2. The second kappa shape index (κ2) is 16.5. The van der Waals surface area contributed by atoms with E-state index in [1.807, 2.05) is 6.07 Å². The molecule has 8 heteroatoms. The number of aliphatic hydroxyl groups is 1. The summed E-state index contributed by atoms with van der Waals surface area (Å²) < 4.78 is 18.1. The molecule has 250 valence electrons. The SMILES string of the molecule is CCCCCC(Oc1ccc(C(C)(C)CC)cc1C(C)(C)CC)C(=O)Nc1ccc(NC(=O)CO)cc1Oc1ccc(OC)cc1. The minimum Gasteiger partial charge on any atom is -0.497 e. The Hall–Kier alpha value is -4.04. The van der Waals surface area contributed by atoms with Crippen LogP contribution in [-0.4, -0.2) is 36.7 Å². The van der Waals surface area contributed by atoms with Gasteiger partial charge >= 0.3 is 0 Å². The molecule has 8 nitrogen and oxygen atoms in total. The van der Waals surface area contributed by atoms with E-state index in [0.717, 1.165) is 43.4 Å². The molecule has 1 unspecified atom stereocenters. The zero-order valence-electron chi connectivity index (χ0n) is 28.8. The summed E-state index contributed by atoms with van der Waals surface area (Å²) in [6.07, 6.45) is 4.56. The number of hydrogen-bond acceptors (Lipinski definition) is 6. The van der Waals surface area contributed by atoms with Crippen LogP contribution in [0, 0.1) is 0 Å². The van der Waals surface area contributed by atoms with Crippen molar-refractivity contribution in [1.29, 1.82) is 0 Å². The van der Waals surface area contributed by atoms with Crippen LogP contribution in [0.5, 0.6) is 23.0 Å². The maximum atomic E-state index is 14.0. The number of rotatable bonds is 17. The van der Waals surface area contributed by atoms with Crippen molar-refractivity contribution >= 4 is 23.2 Å². The Labute approximate surface area is 274 Å². The largest absolute Gasteiger partial charge is 0.497 e. The van der Waals surface area contributed by atoms with E-state index in [4.69, 9.17) is 14.2 Å². The quantitative estimate of drug-likeness (QED) is 0.129. The number of unbranched alkanes of at least 4 members (excludes halogenated alkanes) is 2. The first-order valence-corrected chi connectivity index (χ1v) is 16.4. The van der Waals surface area contributed by atoms with Crippen molar-refractivity contribution in [3.8, 4) is 23.0 Å². The molecule has 46 heavy (non-hydrogen) atoms. The van der Waals surface area contributed by atoms with Crippen molar-refractivity contribution in [3.05, 3.63) is 71.8 Å². The molecule has 0 saturated heterocycles. The minimum atomic E-state index is -0.745. The van der Waals surface area contributed by atoms with E-state index in [1.54, 1.807) is 49.6 Å². The number of aliphatic hydroxyl groups excluding tert-OH is 1. The Kier molecular flexibility index (Phi) is 13.1. The van der Waals surface area contributed by atoms with Crippen LogP contribution < -0.4 is 24.8 Å². The molecular weight excluding hydrogens is 580 g/mol. The molecule has 0 aromatic heterocycles. The van der Waals surface area contributed by atoms with Gasteiger partial charge in [-0.1, -0.05) is 73.4 Å². The van der Waals surface area contributed by atoms with Crippen LogP contribution in [0.1, 0.15) is 98.1 Å². The fourth-order valence-electron chi connectivity index (χ4n) is 4.93. The smallest absolute Gasteiger partial charge is 0.265 e. The highest BCUT2D eigenvalue weighted by Gasteiger charge is 2.29. The first-order chi connectivity index (χ1) is 21.9. The van der Waals surface area contributed by atoms with E-state index in [2.05, 4.69) is 71.2 Å².